The number of phenols is 1. The molecule has 0 aliphatic carbocycles. The van der Waals surface area contributed by atoms with E-state index in [0.29, 0.717) is 5.56 Å². The van der Waals surface area contributed by atoms with Gasteiger partial charge in [0.15, 0.2) is 11.5 Å². The molecule has 2 N–H and O–H groups in total. The molecule has 1 saturated heterocycles. The summed E-state index contributed by atoms with van der Waals surface area (Å²) in [5.41, 5.74) is 0.295. The Hall–Kier alpha value is -4.18. The molecule has 0 radical (unpaired) electrons. The van der Waals surface area contributed by atoms with E-state index in [1.807, 2.05) is 17.5 Å². The second kappa shape index (κ2) is 9.36. The molecular formula is C24H20N2O7S. The molecule has 2 aromatic carbocycles. The number of nitro benzene ring substituents is 1. The minimum absolute atomic E-state index is 0.101. The van der Waals surface area contributed by atoms with Crippen molar-refractivity contribution in [1.82, 2.24) is 4.90 Å². The van der Waals surface area contributed by atoms with Gasteiger partial charge in [0, 0.05) is 22.6 Å². The van der Waals surface area contributed by atoms with Crippen LogP contribution >= 0.6 is 11.3 Å². The molecule has 2 heterocycles. The van der Waals surface area contributed by atoms with Crippen LogP contribution in [0.5, 0.6) is 11.5 Å². The highest BCUT2D eigenvalue weighted by atomic mass is 32.1. The molecule has 3 aromatic rings. The van der Waals surface area contributed by atoms with E-state index in [0.717, 1.165) is 4.88 Å². The van der Waals surface area contributed by atoms with Gasteiger partial charge in [-0.25, -0.2) is 0 Å². The Balaban J connectivity index is 1.87. The number of carbonyl (C=O) groups excluding carboxylic acids is 2. The van der Waals surface area contributed by atoms with Crippen LogP contribution in [0.2, 0.25) is 0 Å². The predicted octanol–water partition coefficient (Wildman–Crippen LogP) is 4.38. The summed E-state index contributed by atoms with van der Waals surface area (Å²) in [6, 6.07) is 12.2. The molecule has 1 aliphatic rings. The van der Waals surface area contributed by atoms with Gasteiger partial charge in [-0.2, -0.15) is 0 Å². The average molecular weight is 480 g/mol. The maximum atomic E-state index is 13.1. The van der Waals surface area contributed by atoms with Crippen molar-refractivity contribution in [2.45, 2.75) is 19.5 Å². The van der Waals surface area contributed by atoms with Gasteiger partial charge in [-0.1, -0.05) is 12.1 Å². The van der Waals surface area contributed by atoms with Crippen LogP contribution < -0.4 is 4.74 Å². The Kier molecular flexibility index (Phi) is 6.33. The average Bonchev–Trinajstić information content (AvgIpc) is 3.43. The van der Waals surface area contributed by atoms with E-state index in [9.17, 15) is 29.9 Å². The normalized spacial score (nSPS) is 17.2. The molecule has 1 aliphatic heterocycles. The lowest BCUT2D eigenvalue weighted by atomic mass is 9.95. The van der Waals surface area contributed by atoms with Gasteiger partial charge in [-0.15, -0.1) is 11.3 Å². The van der Waals surface area contributed by atoms with Crippen LogP contribution in [-0.4, -0.2) is 38.3 Å². The molecule has 0 saturated carbocycles. The predicted molar refractivity (Wildman–Crippen MR) is 125 cm³/mol. The number of phenolic OH excluding ortho intramolecular Hbond substituents is 1. The first kappa shape index (κ1) is 23.0. The summed E-state index contributed by atoms with van der Waals surface area (Å²) in [5, 5.41) is 34.0. The molecule has 1 fully saturated rings. The molecule has 0 bridgehead atoms. The third-order valence-electron chi connectivity index (χ3n) is 5.40. The molecule has 10 heteroatoms. The van der Waals surface area contributed by atoms with Crippen molar-refractivity contribution in [2.24, 2.45) is 0 Å². The molecular weight excluding hydrogens is 460 g/mol. The van der Waals surface area contributed by atoms with Crippen LogP contribution in [0.15, 0.2) is 65.6 Å². The molecule has 9 nitrogen and oxygen atoms in total. The van der Waals surface area contributed by atoms with Crippen LogP contribution in [0.1, 0.15) is 29.0 Å². The highest BCUT2D eigenvalue weighted by molar-refractivity contribution is 7.09. The second-order valence-corrected chi connectivity index (χ2v) is 8.50. The van der Waals surface area contributed by atoms with E-state index in [1.165, 1.54) is 52.6 Å². The largest absolute Gasteiger partial charge is 0.507 e. The minimum Gasteiger partial charge on any atom is -0.507 e. The van der Waals surface area contributed by atoms with Crippen molar-refractivity contribution in [3.05, 3.63) is 91.7 Å². The Labute approximate surface area is 198 Å². The minimum atomic E-state index is -0.961. The number of nitrogens with zero attached hydrogens (tertiary/aromatic N) is 2. The summed E-state index contributed by atoms with van der Waals surface area (Å²) in [6.45, 7) is 2.17. The fourth-order valence-corrected chi connectivity index (χ4v) is 4.53. The Bertz CT molecular complexity index is 1280. The Morgan fingerprint density at radius 2 is 1.91 bits per heavy atom. The van der Waals surface area contributed by atoms with Crippen LogP contribution in [0.3, 0.4) is 0 Å². The van der Waals surface area contributed by atoms with Gasteiger partial charge in [0.25, 0.3) is 17.4 Å². The lowest BCUT2D eigenvalue weighted by Gasteiger charge is -2.25. The number of hydrogen-bond donors (Lipinski definition) is 2. The highest BCUT2D eigenvalue weighted by Gasteiger charge is 2.46. The van der Waals surface area contributed by atoms with E-state index in [2.05, 4.69) is 0 Å². The van der Waals surface area contributed by atoms with Crippen molar-refractivity contribution >= 4 is 34.5 Å². The van der Waals surface area contributed by atoms with Crippen molar-refractivity contribution in [1.29, 1.82) is 0 Å². The van der Waals surface area contributed by atoms with Gasteiger partial charge in [-0.3, -0.25) is 19.7 Å². The number of non-ortho nitro benzene ring substituents is 1. The standard InChI is InChI=1S/C24H20N2O7S/c1-2-33-19-12-15(7-10-18(19)27)21-20(22(28)14-5-8-16(9-6-14)26(31)32)23(29)24(30)25(21)13-17-4-3-11-34-17/h3-12,21,27-28H,2,13H2,1H3/b22-20-. The molecule has 174 valence electrons. The van der Waals surface area contributed by atoms with Gasteiger partial charge in [-0.05, 0) is 48.2 Å². The number of nitro groups is 1. The smallest absolute Gasteiger partial charge is 0.295 e. The highest BCUT2D eigenvalue weighted by Crippen LogP contribution is 2.42. The first-order chi connectivity index (χ1) is 16.3. The fourth-order valence-electron chi connectivity index (χ4n) is 3.83. The summed E-state index contributed by atoms with van der Waals surface area (Å²) >= 11 is 1.42. The number of ketones is 1. The summed E-state index contributed by atoms with van der Waals surface area (Å²) in [7, 11) is 0. The van der Waals surface area contributed by atoms with E-state index < -0.39 is 28.4 Å². The van der Waals surface area contributed by atoms with Gasteiger partial charge in [0.2, 0.25) is 0 Å². The topological polar surface area (TPSA) is 130 Å². The zero-order valence-electron chi connectivity index (χ0n) is 18.0. The second-order valence-electron chi connectivity index (χ2n) is 7.47. The van der Waals surface area contributed by atoms with Gasteiger partial charge < -0.3 is 19.8 Å². The number of likely N-dealkylation sites (tertiary alicyclic amines) is 1. The van der Waals surface area contributed by atoms with Gasteiger partial charge in [0.05, 0.1) is 29.7 Å². The van der Waals surface area contributed by atoms with Crippen LogP contribution in [0.4, 0.5) is 5.69 Å². The van der Waals surface area contributed by atoms with Crippen molar-refractivity contribution in [3.63, 3.8) is 0 Å². The zero-order chi connectivity index (χ0) is 24.4. The number of aromatic hydroxyl groups is 1. The lowest BCUT2D eigenvalue weighted by molar-refractivity contribution is -0.384. The molecule has 1 amide bonds. The Morgan fingerprint density at radius 1 is 1.18 bits per heavy atom. The summed E-state index contributed by atoms with van der Waals surface area (Å²) in [4.78, 5) is 38.7. The molecule has 1 atom stereocenters. The van der Waals surface area contributed by atoms with Crippen LogP contribution in [-0.2, 0) is 16.1 Å². The molecule has 34 heavy (non-hydrogen) atoms. The van der Waals surface area contributed by atoms with E-state index >= 15 is 0 Å². The van der Waals surface area contributed by atoms with Crippen LogP contribution in [0.25, 0.3) is 5.76 Å². The van der Waals surface area contributed by atoms with Crippen molar-refractivity contribution in [2.75, 3.05) is 6.61 Å². The fraction of sp³-hybridized carbons (Fsp3) is 0.167. The molecule has 0 spiro atoms. The SMILES string of the molecule is CCOc1cc(C2/C(=C(/O)c3ccc([N+](=O)[O-])cc3)C(=O)C(=O)N2Cc2cccs2)ccc1O. The summed E-state index contributed by atoms with van der Waals surface area (Å²) < 4.78 is 5.47. The third-order valence-corrected chi connectivity index (χ3v) is 6.26. The van der Waals surface area contributed by atoms with Crippen molar-refractivity contribution < 1.29 is 29.5 Å². The van der Waals surface area contributed by atoms with Crippen molar-refractivity contribution in [3.8, 4) is 11.5 Å². The summed E-state index contributed by atoms with van der Waals surface area (Å²) in [5.74, 6) is -2.03. The van der Waals surface area contributed by atoms with Gasteiger partial charge >= 0.3 is 0 Å². The first-order valence-corrected chi connectivity index (χ1v) is 11.2. The number of carbonyl (C=O) groups is 2. The number of ether oxygens (including phenoxy) is 1. The summed E-state index contributed by atoms with van der Waals surface area (Å²) in [6.07, 6.45) is 0. The number of aliphatic hydroxyl groups excluding tert-OH is 1. The maximum Gasteiger partial charge on any atom is 0.295 e. The van der Waals surface area contributed by atoms with Crippen LogP contribution in [0, 0.1) is 10.1 Å². The number of Topliss-reactive ketones (excluding diaryl/α,β-unsaturated/α-hetero) is 1. The van der Waals surface area contributed by atoms with Gasteiger partial charge in [0.1, 0.15) is 5.76 Å². The van der Waals surface area contributed by atoms with E-state index in [-0.39, 0.29) is 41.5 Å². The number of thiophene rings is 1. The lowest BCUT2D eigenvalue weighted by Crippen LogP contribution is -2.28. The van der Waals surface area contributed by atoms with E-state index in [1.54, 1.807) is 13.0 Å². The monoisotopic (exact) mass is 480 g/mol. The zero-order valence-corrected chi connectivity index (χ0v) is 18.8. The third kappa shape index (κ3) is 4.23. The maximum absolute atomic E-state index is 13.1. The first-order valence-electron chi connectivity index (χ1n) is 10.3. The number of amides is 1. The molecule has 1 aromatic heterocycles. The van der Waals surface area contributed by atoms with E-state index in [4.69, 9.17) is 4.74 Å². The number of hydrogen-bond acceptors (Lipinski definition) is 8. The Morgan fingerprint density at radius 3 is 2.53 bits per heavy atom. The number of benzene rings is 2. The quantitative estimate of drug-likeness (QED) is 0.169. The molecule has 1 unspecified atom stereocenters. The number of rotatable bonds is 7. The number of aliphatic hydroxyl groups is 1. The molecule has 4 rings (SSSR count).